The molecule has 166 valence electrons. The number of fused-ring (bicyclic) bond motifs is 1. The number of rotatable bonds is 3. The second-order valence-electron chi connectivity index (χ2n) is 9.12. The van der Waals surface area contributed by atoms with Crippen molar-refractivity contribution >= 4 is 24.8 Å². The maximum Gasteiger partial charge on any atom is 0.416 e. The van der Waals surface area contributed by atoms with Crippen LogP contribution < -0.4 is 5.32 Å². The molecule has 0 spiro atoms. The molecule has 0 aliphatic rings. The molecule has 0 unspecified atom stereocenters. The van der Waals surface area contributed by atoms with Gasteiger partial charge in [0.05, 0.1) is 5.56 Å². The largest absolute Gasteiger partial charge is 0.416 e. The number of nitrogens with one attached hydrogen (secondary N) is 1. The van der Waals surface area contributed by atoms with E-state index in [9.17, 15) is 18.0 Å². The van der Waals surface area contributed by atoms with E-state index in [4.69, 9.17) is 0 Å². The zero-order valence-corrected chi connectivity index (χ0v) is 19.8. The van der Waals surface area contributed by atoms with Gasteiger partial charge >= 0.3 is 6.18 Å². The first-order chi connectivity index (χ1) is 14.8. The van der Waals surface area contributed by atoms with Crippen LogP contribution in [0.25, 0.3) is 21.9 Å². The first-order valence-electron chi connectivity index (χ1n) is 10.4. The Morgan fingerprint density at radius 2 is 1.59 bits per heavy atom. The summed E-state index contributed by atoms with van der Waals surface area (Å²) >= 11 is 0. The minimum absolute atomic E-state index is 0.00262. The Labute approximate surface area is 187 Å². The fourth-order valence-electron chi connectivity index (χ4n) is 3.29. The second-order valence-corrected chi connectivity index (χ2v) is 13.9. The van der Waals surface area contributed by atoms with Crippen molar-refractivity contribution in [2.75, 3.05) is 0 Å². The van der Waals surface area contributed by atoms with E-state index in [-0.39, 0.29) is 11.9 Å². The van der Waals surface area contributed by atoms with E-state index in [1.54, 1.807) is 6.07 Å². The van der Waals surface area contributed by atoms with Gasteiger partial charge in [-0.25, -0.2) is 0 Å². The van der Waals surface area contributed by atoms with E-state index in [0.717, 1.165) is 34.0 Å². The highest BCUT2D eigenvalue weighted by molar-refractivity contribution is 6.83. The molecule has 0 aliphatic heterocycles. The molecule has 0 heterocycles. The molecule has 6 heteroatoms. The van der Waals surface area contributed by atoms with Crippen LogP contribution in [0.5, 0.6) is 0 Å². The van der Waals surface area contributed by atoms with E-state index >= 15 is 0 Å². The third kappa shape index (κ3) is 5.60. The summed E-state index contributed by atoms with van der Waals surface area (Å²) in [6.45, 7) is 10.2. The van der Waals surface area contributed by atoms with Crippen molar-refractivity contribution in [1.82, 2.24) is 5.32 Å². The monoisotopic (exact) mass is 453 g/mol. The molecule has 2 nitrogen and oxygen atoms in total. The van der Waals surface area contributed by atoms with Crippen LogP contribution in [-0.2, 0) is 6.18 Å². The highest BCUT2D eigenvalue weighted by atomic mass is 28.3. The van der Waals surface area contributed by atoms with Crippen LogP contribution in [0.15, 0.2) is 54.6 Å². The highest BCUT2D eigenvalue weighted by Crippen LogP contribution is 2.34. The number of benzene rings is 3. The summed E-state index contributed by atoms with van der Waals surface area (Å²) in [6, 6.07) is 14.3. The first kappa shape index (κ1) is 23.6. The van der Waals surface area contributed by atoms with Gasteiger partial charge in [-0.1, -0.05) is 49.8 Å². The van der Waals surface area contributed by atoms with Gasteiger partial charge in [0.1, 0.15) is 8.07 Å². The Hall–Kier alpha value is -3.04. The molecule has 0 aromatic heterocycles. The standard InChI is InChI=1S/C26H26F3NOSi/c1-17(2)30-25(31)20-9-13-23-22(18-6-10-21(11-7-18)26(27,28)29)12-8-19(24(23)16-20)14-15-32(3,4)5/h6-13,16-17H,1-5H3,(H,30,31). The molecule has 1 amide bonds. The molecule has 0 bridgehead atoms. The molecule has 3 aromatic rings. The van der Waals surface area contributed by atoms with E-state index < -0.39 is 19.8 Å². The van der Waals surface area contributed by atoms with Crippen LogP contribution in [0.3, 0.4) is 0 Å². The second kappa shape index (κ2) is 8.83. The summed E-state index contributed by atoms with van der Waals surface area (Å²) < 4.78 is 38.9. The van der Waals surface area contributed by atoms with Crippen molar-refractivity contribution in [3.8, 4) is 22.6 Å². The minimum atomic E-state index is -4.38. The van der Waals surface area contributed by atoms with Crippen molar-refractivity contribution in [3.05, 3.63) is 71.3 Å². The van der Waals surface area contributed by atoms with Crippen molar-refractivity contribution in [3.63, 3.8) is 0 Å². The summed E-state index contributed by atoms with van der Waals surface area (Å²) in [5.74, 6) is 3.10. The van der Waals surface area contributed by atoms with Gasteiger partial charge in [0.15, 0.2) is 0 Å². The lowest BCUT2D eigenvalue weighted by atomic mass is 9.93. The highest BCUT2D eigenvalue weighted by Gasteiger charge is 2.30. The fourth-order valence-corrected chi connectivity index (χ4v) is 3.80. The van der Waals surface area contributed by atoms with E-state index in [2.05, 4.69) is 36.4 Å². The Balaban J connectivity index is 2.19. The molecule has 0 saturated carbocycles. The third-order valence-electron chi connectivity index (χ3n) is 4.79. The molecule has 3 aromatic carbocycles. The molecule has 1 N–H and O–H groups in total. The Morgan fingerprint density at radius 3 is 2.16 bits per heavy atom. The fraction of sp³-hybridized carbons (Fsp3) is 0.269. The van der Waals surface area contributed by atoms with Gasteiger partial charge in [-0.3, -0.25) is 4.79 Å². The van der Waals surface area contributed by atoms with E-state index in [1.165, 1.54) is 12.1 Å². The van der Waals surface area contributed by atoms with E-state index in [0.29, 0.717) is 11.1 Å². The van der Waals surface area contributed by atoms with Crippen molar-refractivity contribution in [2.45, 2.75) is 45.7 Å². The molecule has 3 rings (SSSR count). The molecule has 0 fully saturated rings. The maximum atomic E-state index is 13.0. The van der Waals surface area contributed by atoms with Gasteiger partial charge in [-0.2, -0.15) is 13.2 Å². The number of alkyl halides is 3. The topological polar surface area (TPSA) is 29.1 Å². The number of halogens is 3. The van der Waals surface area contributed by atoms with Gasteiger partial charge in [-0.05, 0) is 66.1 Å². The Morgan fingerprint density at radius 1 is 0.938 bits per heavy atom. The van der Waals surface area contributed by atoms with Crippen LogP contribution >= 0.6 is 0 Å². The van der Waals surface area contributed by atoms with Gasteiger partial charge in [0.2, 0.25) is 0 Å². The number of amides is 1. The average molecular weight is 454 g/mol. The predicted molar refractivity (Wildman–Crippen MR) is 127 cm³/mol. The lowest BCUT2D eigenvalue weighted by molar-refractivity contribution is -0.137. The molecular formula is C26H26F3NOSi. The van der Waals surface area contributed by atoms with Gasteiger partial charge < -0.3 is 5.32 Å². The van der Waals surface area contributed by atoms with Crippen molar-refractivity contribution in [2.24, 2.45) is 0 Å². The summed E-state index contributed by atoms with van der Waals surface area (Å²) in [5, 5.41) is 4.54. The summed E-state index contributed by atoms with van der Waals surface area (Å²) in [5.41, 5.74) is 5.46. The minimum Gasteiger partial charge on any atom is -0.350 e. The molecule has 0 saturated heterocycles. The van der Waals surface area contributed by atoms with Crippen LogP contribution in [0.2, 0.25) is 19.6 Å². The van der Waals surface area contributed by atoms with E-state index in [1.807, 2.05) is 38.1 Å². The van der Waals surface area contributed by atoms with Crippen molar-refractivity contribution in [1.29, 1.82) is 0 Å². The first-order valence-corrected chi connectivity index (χ1v) is 13.9. The smallest absolute Gasteiger partial charge is 0.350 e. The maximum absolute atomic E-state index is 13.0. The van der Waals surface area contributed by atoms with Gasteiger partial charge in [0, 0.05) is 17.2 Å². The average Bonchev–Trinajstić information content (AvgIpc) is 2.70. The molecule has 32 heavy (non-hydrogen) atoms. The number of hydrogen-bond acceptors (Lipinski definition) is 1. The van der Waals surface area contributed by atoms with Crippen LogP contribution in [0, 0.1) is 11.5 Å². The summed E-state index contributed by atoms with van der Waals surface area (Å²) in [6.07, 6.45) is -4.38. The lowest BCUT2D eigenvalue weighted by Gasteiger charge is -2.13. The molecular weight excluding hydrogens is 427 g/mol. The Bertz CT molecular complexity index is 1210. The SMILES string of the molecule is CC(C)NC(=O)c1ccc2c(-c3ccc(C(F)(F)F)cc3)ccc(C#C[Si](C)(C)C)c2c1. The molecule has 0 radical (unpaired) electrons. The number of carbonyl (C=O) groups is 1. The number of carbonyl (C=O) groups excluding carboxylic acids is 1. The zero-order chi connectivity index (χ0) is 23.7. The normalized spacial score (nSPS) is 11.9. The zero-order valence-electron chi connectivity index (χ0n) is 18.8. The summed E-state index contributed by atoms with van der Waals surface area (Å²) in [7, 11) is -1.63. The molecule has 0 aliphatic carbocycles. The lowest BCUT2D eigenvalue weighted by Crippen LogP contribution is -2.30. The third-order valence-corrected chi connectivity index (χ3v) is 5.67. The van der Waals surface area contributed by atoms with Gasteiger partial charge in [0.25, 0.3) is 5.91 Å². The number of hydrogen-bond donors (Lipinski definition) is 1. The van der Waals surface area contributed by atoms with Crippen molar-refractivity contribution < 1.29 is 18.0 Å². The quantitative estimate of drug-likeness (QED) is 0.339. The van der Waals surface area contributed by atoms with Crippen LogP contribution in [-0.4, -0.2) is 20.0 Å². The Kier molecular flexibility index (Phi) is 6.52. The van der Waals surface area contributed by atoms with Gasteiger partial charge in [-0.15, -0.1) is 5.54 Å². The van der Waals surface area contributed by atoms with Crippen LogP contribution in [0.4, 0.5) is 13.2 Å². The predicted octanol–water partition coefficient (Wildman–Crippen LogP) is 6.89. The van der Waals surface area contributed by atoms with Crippen LogP contribution in [0.1, 0.15) is 35.3 Å². The summed E-state index contributed by atoms with van der Waals surface area (Å²) in [4.78, 5) is 12.6. The molecule has 0 atom stereocenters.